The van der Waals surface area contributed by atoms with E-state index in [1.807, 2.05) is 0 Å². The summed E-state index contributed by atoms with van der Waals surface area (Å²) in [6.45, 7) is 0.857. The molecule has 2 unspecified atom stereocenters. The van der Waals surface area contributed by atoms with Crippen LogP contribution in [0.1, 0.15) is 44.9 Å². The van der Waals surface area contributed by atoms with Gasteiger partial charge in [-0.2, -0.15) is 0 Å². The van der Waals surface area contributed by atoms with Crippen molar-refractivity contribution in [1.29, 1.82) is 0 Å². The molecule has 80 valence electrons. The molecule has 2 heteroatoms. The van der Waals surface area contributed by atoms with E-state index >= 15 is 0 Å². The Hall–Kier alpha value is -0.0800. The van der Waals surface area contributed by atoms with Crippen LogP contribution in [0.2, 0.25) is 0 Å². The molecule has 2 atom stereocenters. The van der Waals surface area contributed by atoms with Crippen molar-refractivity contribution in [2.24, 2.45) is 28.7 Å². The highest BCUT2D eigenvalue weighted by Crippen LogP contribution is 2.61. The Bertz CT molecular complexity index is 235. The van der Waals surface area contributed by atoms with Gasteiger partial charge in [0.25, 0.3) is 0 Å². The van der Waals surface area contributed by atoms with E-state index in [1.54, 1.807) is 0 Å². The summed E-state index contributed by atoms with van der Waals surface area (Å²) in [5.41, 5.74) is 13.0. The average molecular weight is 194 g/mol. The van der Waals surface area contributed by atoms with Crippen LogP contribution in [0.4, 0.5) is 0 Å². The quantitative estimate of drug-likeness (QED) is 0.702. The molecule has 0 aromatic rings. The summed E-state index contributed by atoms with van der Waals surface area (Å²) in [6.07, 6.45) is 9.42. The number of hydrogen-bond acceptors (Lipinski definition) is 2. The highest BCUT2D eigenvalue weighted by molar-refractivity contribution is 5.10. The topological polar surface area (TPSA) is 52.0 Å². The molecule has 4 N–H and O–H groups in total. The molecule has 0 aromatic heterocycles. The molecule has 4 fully saturated rings. The van der Waals surface area contributed by atoms with Crippen molar-refractivity contribution in [3.05, 3.63) is 0 Å². The third kappa shape index (κ3) is 1.24. The van der Waals surface area contributed by atoms with Crippen molar-refractivity contribution in [3.8, 4) is 0 Å². The number of rotatable bonds is 2. The van der Waals surface area contributed by atoms with Crippen molar-refractivity contribution in [2.45, 2.75) is 50.5 Å². The molecule has 2 nitrogen and oxygen atoms in total. The van der Waals surface area contributed by atoms with Crippen molar-refractivity contribution in [3.63, 3.8) is 0 Å². The monoisotopic (exact) mass is 194 g/mol. The van der Waals surface area contributed by atoms with E-state index in [1.165, 1.54) is 44.9 Å². The molecular weight excluding hydrogens is 172 g/mol. The van der Waals surface area contributed by atoms with Crippen LogP contribution in [0.25, 0.3) is 0 Å². The molecule has 0 heterocycles. The summed E-state index contributed by atoms with van der Waals surface area (Å²) in [6, 6.07) is 0. The fraction of sp³-hybridized carbons (Fsp3) is 1.00. The van der Waals surface area contributed by atoms with Gasteiger partial charge in [-0.25, -0.2) is 0 Å². The molecule has 0 radical (unpaired) electrons. The number of hydrogen-bond donors (Lipinski definition) is 2. The summed E-state index contributed by atoms with van der Waals surface area (Å²) in [5.74, 6) is 1.88. The average Bonchev–Trinajstić information content (AvgIpc) is 1.97. The van der Waals surface area contributed by atoms with Crippen LogP contribution in [0, 0.1) is 17.3 Å². The lowest BCUT2D eigenvalue weighted by molar-refractivity contribution is -0.0698. The molecule has 14 heavy (non-hydrogen) atoms. The predicted molar refractivity (Wildman–Crippen MR) is 57.7 cm³/mol. The molecule has 0 spiro atoms. The van der Waals surface area contributed by atoms with Gasteiger partial charge in [-0.05, 0) is 68.7 Å². The maximum atomic E-state index is 6.50. The molecule has 0 saturated heterocycles. The lowest BCUT2D eigenvalue weighted by Gasteiger charge is -2.61. The summed E-state index contributed by atoms with van der Waals surface area (Å²) in [7, 11) is 0. The second kappa shape index (κ2) is 2.73. The van der Waals surface area contributed by atoms with E-state index in [4.69, 9.17) is 11.5 Å². The molecule has 0 amide bonds. The van der Waals surface area contributed by atoms with Crippen LogP contribution < -0.4 is 11.5 Å². The van der Waals surface area contributed by atoms with Crippen molar-refractivity contribution in [2.75, 3.05) is 6.54 Å². The zero-order valence-corrected chi connectivity index (χ0v) is 8.97. The van der Waals surface area contributed by atoms with Gasteiger partial charge in [-0.15, -0.1) is 0 Å². The van der Waals surface area contributed by atoms with Crippen LogP contribution in [-0.4, -0.2) is 12.1 Å². The number of nitrogens with two attached hydrogens (primary N) is 2. The highest BCUT2D eigenvalue weighted by Gasteiger charge is 2.55. The van der Waals surface area contributed by atoms with Crippen molar-refractivity contribution >= 4 is 0 Å². The first-order valence-electron chi connectivity index (χ1n) is 6.12. The first-order valence-corrected chi connectivity index (χ1v) is 6.12. The van der Waals surface area contributed by atoms with Gasteiger partial charge >= 0.3 is 0 Å². The van der Waals surface area contributed by atoms with E-state index in [-0.39, 0.29) is 5.54 Å². The zero-order valence-electron chi connectivity index (χ0n) is 8.97. The molecular formula is C12H22N2. The highest BCUT2D eigenvalue weighted by atomic mass is 14.8. The summed E-state index contributed by atoms with van der Waals surface area (Å²) in [5, 5.41) is 0. The predicted octanol–water partition coefficient (Wildman–Crippen LogP) is 1.63. The second-order valence-corrected chi connectivity index (χ2v) is 6.36. The molecule has 4 rings (SSSR count). The lowest BCUT2D eigenvalue weighted by Crippen LogP contribution is -2.60. The third-order valence-electron chi connectivity index (χ3n) is 4.90. The van der Waals surface area contributed by atoms with Gasteiger partial charge in [-0.1, -0.05) is 0 Å². The smallest absolute Gasteiger partial charge is 0.0165 e. The Morgan fingerprint density at radius 2 is 1.71 bits per heavy atom. The molecule has 4 saturated carbocycles. The minimum absolute atomic E-state index is 0.208. The molecule has 4 bridgehead atoms. The standard InChI is InChI=1S/C12H22N2/c13-2-1-11-4-9-3-10(5-11)7-12(14,6-9)8-11/h9-10H,1-8,13-14H2. The van der Waals surface area contributed by atoms with Gasteiger partial charge in [0.15, 0.2) is 0 Å². The van der Waals surface area contributed by atoms with E-state index in [0.717, 1.165) is 18.4 Å². The lowest BCUT2D eigenvalue weighted by atomic mass is 9.46. The van der Waals surface area contributed by atoms with Crippen LogP contribution >= 0.6 is 0 Å². The van der Waals surface area contributed by atoms with Crippen LogP contribution in [-0.2, 0) is 0 Å². The van der Waals surface area contributed by atoms with E-state index < -0.39 is 0 Å². The van der Waals surface area contributed by atoms with Gasteiger partial charge in [0.05, 0.1) is 0 Å². The Morgan fingerprint density at radius 1 is 1.07 bits per heavy atom. The van der Waals surface area contributed by atoms with Gasteiger partial charge in [0, 0.05) is 5.54 Å². The fourth-order valence-corrected chi connectivity index (χ4v) is 5.12. The van der Waals surface area contributed by atoms with E-state index in [0.29, 0.717) is 5.41 Å². The Kier molecular flexibility index (Phi) is 1.79. The van der Waals surface area contributed by atoms with E-state index in [9.17, 15) is 0 Å². The van der Waals surface area contributed by atoms with Crippen LogP contribution in [0.5, 0.6) is 0 Å². The summed E-state index contributed by atoms with van der Waals surface area (Å²) >= 11 is 0. The summed E-state index contributed by atoms with van der Waals surface area (Å²) < 4.78 is 0. The fourth-order valence-electron chi connectivity index (χ4n) is 5.12. The van der Waals surface area contributed by atoms with E-state index in [2.05, 4.69) is 0 Å². The normalized spacial score (nSPS) is 55.3. The minimum Gasteiger partial charge on any atom is -0.330 e. The van der Waals surface area contributed by atoms with Gasteiger partial charge in [0.2, 0.25) is 0 Å². The van der Waals surface area contributed by atoms with Crippen molar-refractivity contribution < 1.29 is 0 Å². The van der Waals surface area contributed by atoms with Crippen LogP contribution in [0.15, 0.2) is 0 Å². The SMILES string of the molecule is NCCC12CC3CC(CC(N)(C3)C1)C2. The van der Waals surface area contributed by atoms with Gasteiger partial charge < -0.3 is 11.5 Å². The van der Waals surface area contributed by atoms with Crippen LogP contribution in [0.3, 0.4) is 0 Å². The van der Waals surface area contributed by atoms with Gasteiger partial charge in [-0.3, -0.25) is 0 Å². The molecule has 4 aliphatic rings. The maximum absolute atomic E-state index is 6.50. The largest absolute Gasteiger partial charge is 0.330 e. The summed E-state index contributed by atoms with van der Waals surface area (Å²) in [4.78, 5) is 0. The molecule has 4 aliphatic carbocycles. The second-order valence-electron chi connectivity index (χ2n) is 6.36. The Balaban J connectivity index is 1.89. The first kappa shape index (κ1) is 9.17. The van der Waals surface area contributed by atoms with Crippen molar-refractivity contribution in [1.82, 2.24) is 0 Å². The molecule has 0 aromatic carbocycles. The Morgan fingerprint density at radius 3 is 2.21 bits per heavy atom. The van der Waals surface area contributed by atoms with Gasteiger partial charge in [0.1, 0.15) is 0 Å². The zero-order chi connectivity index (χ0) is 9.81. The first-order chi connectivity index (χ1) is 6.63. The third-order valence-corrected chi connectivity index (χ3v) is 4.90. The Labute approximate surface area is 86.4 Å². The minimum atomic E-state index is 0.208. The molecule has 0 aliphatic heterocycles. The maximum Gasteiger partial charge on any atom is 0.0165 e.